The lowest BCUT2D eigenvalue weighted by molar-refractivity contribution is 0.777. The lowest BCUT2D eigenvalue weighted by Gasteiger charge is -2.21. The first-order valence-electron chi connectivity index (χ1n) is 9.43. The van der Waals surface area contributed by atoms with E-state index in [9.17, 15) is 0 Å². The van der Waals surface area contributed by atoms with Crippen LogP contribution in [0, 0.1) is 0 Å². The molecule has 0 saturated carbocycles. The van der Waals surface area contributed by atoms with E-state index in [1.807, 2.05) is 11.3 Å². The van der Waals surface area contributed by atoms with Gasteiger partial charge in [-0.15, -0.1) is 11.3 Å². The second kappa shape index (κ2) is 6.80. The second-order valence-electron chi connectivity index (χ2n) is 7.08. The molecule has 1 aliphatic rings. The number of rotatable bonds is 3. The van der Waals surface area contributed by atoms with Gasteiger partial charge in [0.1, 0.15) is 0 Å². The molecule has 27 heavy (non-hydrogen) atoms. The SMILES string of the molecule is NC(C1=CC(c2ccccc2)=CCC1)c1cccc2sc3ccccc3c12. The Kier molecular flexibility index (Phi) is 4.16. The Labute approximate surface area is 163 Å². The van der Waals surface area contributed by atoms with E-state index in [2.05, 4.69) is 84.9 Å². The van der Waals surface area contributed by atoms with Gasteiger partial charge in [-0.2, -0.15) is 0 Å². The summed E-state index contributed by atoms with van der Waals surface area (Å²) in [4.78, 5) is 0. The van der Waals surface area contributed by atoms with Crippen molar-refractivity contribution in [1.82, 2.24) is 0 Å². The number of allylic oxidation sites excluding steroid dienone is 3. The van der Waals surface area contributed by atoms with Crippen LogP contribution in [0.2, 0.25) is 0 Å². The summed E-state index contributed by atoms with van der Waals surface area (Å²) in [6.07, 6.45) is 6.70. The van der Waals surface area contributed by atoms with Gasteiger partial charge in [-0.25, -0.2) is 0 Å². The van der Waals surface area contributed by atoms with E-state index in [1.54, 1.807) is 0 Å². The summed E-state index contributed by atoms with van der Waals surface area (Å²) < 4.78 is 2.65. The summed E-state index contributed by atoms with van der Waals surface area (Å²) in [5, 5.41) is 2.64. The maximum Gasteiger partial charge on any atom is 0.0521 e. The van der Waals surface area contributed by atoms with Crippen molar-refractivity contribution < 1.29 is 0 Å². The summed E-state index contributed by atoms with van der Waals surface area (Å²) >= 11 is 1.85. The van der Waals surface area contributed by atoms with Gasteiger partial charge < -0.3 is 5.73 Å². The molecule has 0 aliphatic heterocycles. The Morgan fingerprint density at radius 3 is 2.48 bits per heavy atom. The van der Waals surface area contributed by atoms with Crippen molar-refractivity contribution in [3.05, 3.63) is 102 Å². The summed E-state index contributed by atoms with van der Waals surface area (Å²) in [7, 11) is 0. The maximum absolute atomic E-state index is 6.84. The van der Waals surface area contributed by atoms with Gasteiger partial charge in [-0.05, 0) is 47.2 Å². The minimum absolute atomic E-state index is 0.0703. The van der Waals surface area contributed by atoms with Crippen LogP contribution in [0.3, 0.4) is 0 Å². The zero-order valence-corrected chi connectivity index (χ0v) is 15.9. The number of fused-ring (bicyclic) bond motifs is 3. The van der Waals surface area contributed by atoms with Gasteiger partial charge in [-0.3, -0.25) is 0 Å². The summed E-state index contributed by atoms with van der Waals surface area (Å²) in [5.41, 5.74) is 11.9. The molecule has 1 nitrogen and oxygen atoms in total. The number of hydrogen-bond donors (Lipinski definition) is 1. The predicted molar refractivity (Wildman–Crippen MR) is 118 cm³/mol. The minimum atomic E-state index is -0.0703. The van der Waals surface area contributed by atoms with Crippen LogP contribution >= 0.6 is 11.3 Å². The molecule has 0 radical (unpaired) electrons. The van der Waals surface area contributed by atoms with Crippen LogP contribution in [0.15, 0.2) is 90.5 Å². The van der Waals surface area contributed by atoms with E-state index in [0.29, 0.717) is 0 Å². The zero-order valence-electron chi connectivity index (χ0n) is 15.1. The fourth-order valence-electron chi connectivity index (χ4n) is 4.06. The highest BCUT2D eigenvalue weighted by Gasteiger charge is 2.19. The molecule has 0 bridgehead atoms. The second-order valence-corrected chi connectivity index (χ2v) is 8.16. The smallest absolute Gasteiger partial charge is 0.0521 e. The molecule has 1 aromatic heterocycles. The fraction of sp³-hybridized carbons (Fsp3) is 0.120. The van der Waals surface area contributed by atoms with E-state index in [-0.39, 0.29) is 6.04 Å². The van der Waals surface area contributed by atoms with Crippen LogP contribution in [-0.2, 0) is 0 Å². The first kappa shape index (κ1) is 16.5. The summed E-state index contributed by atoms with van der Waals surface area (Å²) in [5.74, 6) is 0. The standard InChI is InChI=1S/C25H21NS/c26-25(19-11-6-10-18(16-19)17-8-2-1-3-9-17)21-13-7-15-23-24(21)20-12-4-5-14-22(20)27-23/h1-5,7-10,12-16,25H,6,11,26H2. The van der Waals surface area contributed by atoms with Crippen molar-refractivity contribution in [2.75, 3.05) is 0 Å². The molecule has 0 saturated heterocycles. The van der Waals surface area contributed by atoms with Crippen LogP contribution in [-0.4, -0.2) is 0 Å². The molecule has 1 heterocycles. The average Bonchev–Trinajstić information content (AvgIpc) is 3.13. The monoisotopic (exact) mass is 367 g/mol. The molecule has 1 unspecified atom stereocenters. The van der Waals surface area contributed by atoms with E-state index in [4.69, 9.17) is 5.73 Å². The first-order valence-corrected chi connectivity index (χ1v) is 10.2. The molecule has 0 spiro atoms. The highest BCUT2D eigenvalue weighted by molar-refractivity contribution is 7.25. The molecular formula is C25H21NS. The largest absolute Gasteiger partial charge is 0.321 e. The fourth-order valence-corrected chi connectivity index (χ4v) is 5.20. The normalized spacial score (nSPS) is 15.6. The number of benzene rings is 3. The number of thiophene rings is 1. The van der Waals surface area contributed by atoms with Crippen LogP contribution in [0.1, 0.15) is 30.0 Å². The molecule has 0 fully saturated rings. The zero-order chi connectivity index (χ0) is 18.2. The molecule has 5 rings (SSSR count). The summed E-state index contributed by atoms with van der Waals surface area (Å²) in [6, 6.07) is 25.7. The summed E-state index contributed by atoms with van der Waals surface area (Å²) in [6.45, 7) is 0. The lowest BCUT2D eigenvalue weighted by Crippen LogP contribution is -2.15. The van der Waals surface area contributed by atoms with Crippen molar-refractivity contribution in [1.29, 1.82) is 0 Å². The Hall–Kier alpha value is -2.68. The van der Waals surface area contributed by atoms with E-state index >= 15 is 0 Å². The van der Waals surface area contributed by atoms with Crippen LogP contribution < -0.4 is 5.73 Å². The van der Waals surface area contributed by atoms with E-state index in [1.165, 1.54) is 42.4 Å². The molecular weight excluding hydrogens is 346 g/mol. The van der Waals surface area contributed by atoms with Gasteiger partial charge in [0.05, 0.1) is 6.04 Å². The van der Waals surface area contributed by atoms with Crippen molar-refractivity contribution >= 4 is 37.1 Å². The molecule has 1 atom stereocenters. The molecule has 3 aromatic carbocycles. The van der Waals surface area contributed by atoms with Crippen molar-refractivity contribution in [2.45, 2.75) is 18.9 Å². The van der Waals surface area contributed by atoms with Crippen LogP contribution in [0.4, 0.5) is 0 Å². The Balaban J connectivity index is 1.61. The molecule has 0 amide bonds. The molecule has 2 N–H and O–H groups in total. The van der Waals surface area contributed by atoms with Crippen molar-refractivity contribution in [2.24, 2.45) is 5.73 Å². The highest BCUT2D eigenvalue weighted by Crippen LogP contribution is 2.40. The first-order chi connectivity index (χ1) is 13.3. The van der Waals surface area contributed by atoms with Crippen LogP contribution in [0.5, 0.6) is 0 Å². The van der Waals surface area contributed by atoms with Gasteiger partial charge in [0, 0.05) is 20.2 Å². The van der Waals surface area contributed by atoms with E-state index in [0.717, 1.165) is 12.8 Å². The number of nitrogens with two attached hydrogens (primary N) is 1. The van der Waals surface area contributed by atoms with Gasteiger partial charge in [0.15, 0.2) is 0 Å². The topological polar surface area (TPSA) is 26.0 Å². The minimum Gasteiger partial charge on any atom is -0.321 e. The van der Waals surface area contributed by atoms with E-state index < -0.39 is 0 Å². The third-order valence-corrected chi connectivity index (χ3v) is 6.55. The third kappa shape index (κ3) is 2.91. The van der Waals surface area contributed by atoms with Gasteiger partial charge in [0.2, 0.25) is 0 Å². The Bertz CT molecular complexity index is 1180. The highest BCUT2D eigenvalue weighted by atomic mass is 32.1. The van der Waals surface area contributed by atoms with Gasteiger partial charge >= 0.3 is 0 Å². The van der Waals surface area contributed by atoms with Crippen LogP contribution in [0.25, 0.3) is 25.7 Å². The quantitative estimate of drug-likeness (QED) is 0.420. The molecule has 132 valence electrons. The molecule has 1 aliphatic carbocycles. The van der Waals surface area contributed by atoms with Crippen molar-refractivity contribution in [3.8, 4) is 0 Å². The average molecular weight is 368 g/mol. The predicted octanol–water partition coefficient (Wildman–Crippen LogP) is 6.86. The number of hydrogen-bond acceptors (Lipinski definition) is 2. The van der Waals surface area contributed by atoms with Crippen molar-refractivity contribution in [3.63, 3.8) is 0 Å². The maximum atomic E-state index is 6.84. The van der Waals surface area contributed by atoms with Gasteiger partial charge in [0.25, 0.3) is 0 Å². The molecule has 4 aromatic rings. The lowest BCUT2D eigenvalue weighted by atomic mass is 9.87. The third-order valence-electron chi connectivity index (χ3n) is 5.41. The Morgan fingerprint density at radius 1 is 0.815 bits per heavy atom. The Morgan fingerprint density at radius 2 is 1.59 bits per heavy atom. The molecule has 2 heteroatoms. The van der Waals surface area contributed by atoms with Gasteiger partial charge in [-0.1, -0.05) is 72.8 Å².